The Labute approximate surface area is 191 Å². The molecule has 0 spiro atoms. The van der Waals surface area contributed by atoms with Crippen molar-refractivity contribution in [2.75, 3.05) is 0 Å². The van der Waals surface area contributed by atoms with Crippen molar-refractivity contribution in [3.8, 4) is 10.4 Å². The average molecular weight is 458 g/mol. The third-order valence-electron chi connectivity index (χ3n) is 5.14. The highest BCUT2D eigenvalue weighted by Gasteiger charge is 2.35. The highest BCUT2D eigenvalue weighted by molar-refractivity contribution is 7.85. The van der Waals surface area contributed by atoms with E-state index >= 15 is 0 Å². The first-order chi connectivity index (χ1) is 14.8. The van der Waals surface area contributed by atoms with Gasteiger partial charge in [0.25, 0.3) is 5.56 Å². The van der Waals surface area contributed by atoms with Gasteiger partial charge in [-0.05, 0) is 77.3 Å². The van der Waals surface area contributed by atoms with Crippen LogP contribution in [0.2, 0.25) is 0 Å². The maximum Gasteiger partial charge on any atom is 0.251 e. The minimum Gasteiger partial charge on any atom is -0.326 e. The van der Waals surface area contributed by atoms with Crippen LogP contribution in [0.3, 0.4) is 0 Å². The number of H-pyrrole nitrogens is 1. The summed E-state index contributed by atoms with van der Waals surface area (Å²) >= 11 is 1.56. The summed E-state index contributed by atoms with van der Waals surface area (Å²) in [5.74, 6) is 0. The molecule has 3 aromatic heterocycles. The second-order valence-electron chi connectivity index (χ2n) is 8.04. The third-order valence-corrected chi connectivity index (χ3v) is 8.31. The first kappa shape index (κ1) is 23.6. The van der Waals surface area contributed by atoms with Gasteiger partial charge in [-0.3, -0.25) is 9.78 Å². The molecule has 3 aromatic rings. The van der Waals surface area contributed by atoms with Crippen molar-refractivity contribution in [3.63, 3.8) is 0 Å². The van der Waals surface area contributed by atoms with E-state index in [2.05, 4.69) is 28.1 Å². The first-order valence-electron chi connectivity index (χ1n) is 10.7. The van der Waals surface area contributed by atoms with Crippen molar-refractivity contribution in [2.45, 2.75) is 70.2 Å². The van der Waals surface area contributed by atoms with E-state index < -0.39 is 11.0 Å². The van der Waals surface area contributed by atoms with E-state index in [4.69, 9.17) is 0 Å². The maximum atomic E-state index is 13.0. The zero-order valence-electron chi connectivity index (χ0n) is 18.8. The van der Waals surface area contributed by atoms with E-state index in [-0.39, 0.29) is 11.6 Å². The van der Waals surface area contributed by atoms with Gasteiger partial charge >= 0.3 is 0 Å². The van der Waals surface area contributed by atoms with Gasteiger partial charge < -0.3 is 4.98 Å². The van der Waals surface area contributed by atoms with Crippen LogP contribution in [0.4, 0.5) is 0 Å². The molecule has 7 heteroatoms. The summed E-state index contributed by atoms with van der Waals surface area (Å²) in [7, 11) is -1.11. The van der Waals surface area contributed by atoms with Gasteiger partial charge in [0, 0.05) is 45.7 Å². The lowest BCUT2D eigenvalue weighted by atomic mass is 10.1. The van der Waals surface area contributed by atoms with E-state index in [1.54, 1.807) is 17.5 Å². The molecule has 0 saturated heterocycles. The van der Waals surface area contributed by atoms with E-state index in [1.165, 1.54) is 0 Å². The van der Waals surface area contributed by atoms with Crippen molar-refractivity contribution in [2.24, 2.45) is 0 Å². The van der Waals surface area contributed by atoms with Crippen LogP contribution >= 0.6 is 11.3 Å². The first-order valence-corrected chi connectivity index (χ1v) is 12.6. The van der Waals surface area contributed by atoms with Crippen molar-refractivity contribution in [1.82, 2.24) is 14.3 Å². The molecule has 0 aliphatic heterocycles. The smallest absolute Gasteiger partial charge is 0.251 e. The van der Waals surface area contributed by atoms with Gasteiger partial charge in [0.05, 0.1) is 0 Å². The molecular weight excluding hydrogens is 426 g/mol. The Balaban J connectivity index is 0.000000330. The molecule has 1 aliphatic rings. The lowest BCUT2D eigenvalue weighted by Gasteiger charge is -2.23. The lowest BCUT2D eigenvalue weighted by molar-refractivity contribution is 0.369. The molecule has 0 aromatic carbocycles. The number of rotatable bonds is 6. The number of hydrogen-bond acceptors (Lipinski definition) is 4. The Morgan fingerprint density at radius 2 is 1.97 bits per heavy atom. The quantitative estimate of drug-likeness (QED) is 0.549. The van der Waals surface area contributed by atoms with Gasteiger partial charge in [0.15, 0.2) is 0 Å². The standard InChI is InChI=1S/C18H24N2O2S2.C6H7N/c1-5-13-10-15(12(4)19-18(13)21)16-8-9-17(23-16)24(22)20(11(2)3)14-6-7-14;1-6-4-2-3-5-7-6/h8-11,14H,5-7H2,1-4H3,(H,19,21);2-5H,1H3. The van der Waals surface area contributed by atoms with Crippen LogP contribution in [-0.2, 0) is 17.4 Å². The van der Waals surface area contributed by atoms with Gasteiger partial charge in [0.2, 0.25) is 0 Å². The summed E-state index contributed by atoms with van der Waals surface area (Å²) in [5.41, 5.74) is 3.73. The van der Waals surface area contributed by atoms with Crippen LogP contribution in [-0.4, -0.2) is 30.6 Å². The Bertz CT molecular complexity index is 1080. The largest absolute Gasteiger partial charge is 0.326 e. The summed E-state index contributed by atoms with van der Waals surface area (Å²) in [6.45, 7) is 10.1. The minimum atomic E-state index is -1.11. The van der Waals surface area contributed by atoms with Gasteiger partial charge in [-0.25, -0.2) is 8.51 Å². The molecule has 0 radical (unpaired) electrons. The van der Waals surface area contributed by atoms with E-state index in [0.717, 1.165) is 44.4 Å². The molecule has 0 bridgehead atoms. The highest BCUT2D eigenvalue weighted by atomic mass is 32.2. The minimum absolute atomic E-state index is 0.0150. The molecule has 1 unspecified atom stereocenters. The number of pyridine rings is 2. The molecule has 1 N–H and O–H groups in total. The van der Waals surface area contributed by atoms with Crippen LogP contribution in [0.1, 0.15) is 50.6 Å². The van der Waals surface area contributed by atoms with Gasteiger partial charge in [0.1, 0.15) is 15.2 Å². The molecule has 5 nitrogen and oxygen atoms in total. The average Bonchev–Trinajstić information content (AvgIpc) is 3.43. The Morgan fingerprint density at radius 3 is 2.48 bits per heavy atom. The number of aromatic amines is 1. The van der Waals surface area contributed by atoms with Crippen LogP contribution < -0.4 is 5.56 Å². The summed E-state index contributed by atoms with van der Waals surface area (Å²) in [4.78, 5) is 19.9. The van der Waals surface area contributed by atoms with Crippen molar-refractivity contribution >= 4 is 22.3 Å². The van der Waals surface area contributed by atoms with E-state index in [0.29, 0.717) is 12.5 Å². The summed E-state index contributed by atoms with van der Waals surface area (Å²) in [6.07, 6.45) is 4.77. The zero-order chi connectivity index (χ0) is 22.5. The lowest BCUT2D eigenvalue weighted by Crippen LogP contribution is -2.34. The van der Waals surface area contributed by atoms with Crippen molar-refractivity contribution < 1.29 is 4.21 Å². The van der Waals surface area contributed by atoms with Crippen LogP contribution in [0, 0.1) is 13.8 Å². The SMILES string of the molecule is CCc1cc(-c2ccc(S(=O)N(C(C)C)C3CC3)s2)c(C)[nH]c1=O.Cc1ccccn1. The molecule has 1 fully saturated rings. The maximum absolute atomic E-state index is 13.0. The van der Waals surface area contributed by atoms with Gasteiger partial charge in [-0.2, -0.15) is 0 Å². The number of hydrogen-bond donors (Lipinski definition) is 1. The fraction of sp³-hybridized carbons (Fsp3) is 0.417. The topological polar surface area (TPSA) is 66.1 Å². The summed E-state index contributed by atoms with van der Waals surface area (Å²) in [5, 5.41) is 0. The second-order valence-corrected chi connectivity index (χ2v) is 10.7. The van der Waals surface area contributed by atoms with Crippen LogP contribution in [0.5, 0.6) is 0 Å². The number of nitrogens with one attached hydrogen (secondary N) is 1. The molecule has 1 atom stereocenters. The van der Waals surface area contributed by atoms with Crippen molar-refractivity contribution in [3.05, 3.63) is 69.9 Å². The Morgan fingerprint density at radius 1 is 1.23 bits per heavy atom. The fourth-order valence-corrected chi connectivity index (χ4v) is 6.25. The van der Waals surface area contributed by atoms with Crippen molar-refractivity contribution in [1.29, 1.82) is 0 Å². The van der Waals surface area contributed by atoms with Gasteiger partial charge in [-0.1, -0.05) is 13.0 Å². The Hall–Kier alpha value is -2.09. The van der Waals surface area contributed by atoms with Crippen LogP contribution in [0.25, 0.3) is 10.4 Å². The normalized spacial score (nSPS) is 14.4. The molecule has 166 valence electrons. The van der Waals surface area contributed by atoms with E-state index in [1.807, 2.05) is 57.2 Å². The number of thiophene rings is 1. The zero-order valence-corrected chi connectivity index (χ0v) is 20.5. The molecule has 31 heavy (non-hydrogen) atoms. The van der Waals surface area contributed by atoms with E-state index in [9.17, 15) is 9.00 Å². The third kappa shape index (κ3) is 5.99. The molecule has 1 saturated carbocycles. The molecule has 1 aliphatic carbocycles. The summed E-state index contributed by atoms with van der Waals surface area (Å²) < 4.78 is 16.0. The molecule has 3 heterocycles. The predicted octanol–water partition coefficient (Wildman–Crippen LogP) is 5.26. The number of aromatic nitrogens is 2. The number of aryl methyl sites for hydroxylation is 3. The second kappa shape index (κ2) is 10.5. The summed E-state index contributed by atoms with van der Waals surface area (Å²) in [6, 6.07) is 12.5. The fourth-order valence-electron chi connectivity index (χ4n) is 3.37. The molecular formula is C24H31N3O2S2. The van der Waals surface area contributed by atoms with Gasteiger partial charge in [-0.15, -0.1) is 11.3 Å². The monoisotopic (exact) mass is 457 g/mol. The Kier molecular flexibility index (Phi) is 7.97. The van der Waals surface area contributed by atoms with Crippen LogP contribution in [0.15, 0.2) is 51.6 Å². The molecule has 0 amide bonds. The highest BCUT2D eigenvalue weighted by Crippen LogP contribution is 2.36. The number of nitrogens with zero attached hydrogens (tertiary/aromatic N) is 2. The predicted molar refractivity (Wildman–Crippen MR) is 130 cm³/mol. The molecule has 4 rings (SSSR count).